The Morgan fingerprint density at radius 2 is 1.83 bits per heavy atom. The molecule has 0 aliphatic heterocycles. The fourth-order valence-corrected chi connectivity index (χ4v) is 3.73. The molecule has 1 aliphatic rings. The Balaban J connectivity index is 2.43. The first-order valence-corrected chi connectivity index (χ1v) is 11.7. The Hall–Kier alpha value is -0.883. The van der Waals surface area contributed by atoms with Gasteiger partial charge in [0.05, 0.1) is 0 Å². The summed E-state index contributed by atoms with van der Waals surface area (Å²) < 4.78 is 6.07. The van der Waals surface area contributed by atoms with E-state index in [9.17, 15) is 9.59 Å². The summed E-state index contributed by atoms with van der Waals surface area (Å²) in [5, 5.41) is 2.92. The molecule has 3 N–H and O–H groups in total. The van der Waals surface area contributed by atoms with Crippen LogP contribution in [0.15, 0.2) is 0 Å². The largest absolute Gasteiger partial charge is 0.417 e. The number of primary amides is 1. The maximum Gasteiger partial charge on any atom is 0.240 e. The highest BCUT2D eigenvalue weighted by molar-refractivity contribution is 6.74. The fraction of sp³-hybridized carbons (Fsp3) is 0.882. The molecule has 6 heteroatoms. The van der Waals surface area contributed by atoms with Crippen LogP contribution in [0.4, 0.5) is 0 Å². The van der Waals surface area contributed by atoms with E-state index >= 15 is 0 Å². The van der Waals surface area contributed by atoms with Gasteiger partial charge in [0, 0.05) is 13.0 Å². The lowest BCUT2D eigenvalue weighted by Gasteiger charge is -2.36. The molecule has 0 aromatic heterocycles. The van der Waals surface area contributed by atoms with E-state index in [1.165, 1.54) is 12.8 Å². The summed E-state index contributed by atoms with van der Waals surface area (Å²) in [7, 11) is -1.84. The van der Waals surface area contributed by atoms with Crippen molar-refractivity contribution in [1.29, 1.82) is 0 Å². The van der Waals surface area contributed by atoms with Crippen molar-refractivity contribution in [2.24, 2.45) is 11.7 Å². The van der Waals surface area contributed by atoms with Gasteiger partial charge in [0.25, 0.3) is 0 Å². The average Bonchev–Trinajstić information content (AvgIpc) is 2.88. The van der Waals surface area contributed by atoms with E-state index in [2.05, 4.69) is 39.2 Å². The zero-order valence-corrected chi connectivity index (χ0v) is 16.4. The lowest BCUT2D eigenvalue weighted by atomic mass is 10.0. The molecule has 23 heavy (non-hydrogen) atoms. The smallest absolute Gasteiger partial charge is 0.240 e. The number of nitrogens with one attached hydrogen (secondary N) is 1. The van der Waals surface area contributed by atoms with Gasteiger partial charge in [-0.05, 0) is 43.3 Å². The predicted octanol–water partition coefficient (Wildman–Crippen LogP) is 2.95. The van der Waals surface area contributed by atoms with Crippen molar-refractivity contribution in [3.8, 4) is 0 Å². The van der Waals surface area contributed by atoms with Crippen molar-refractivity contribution in [1.82, 2.24) is 5.32 Å². The molecular weight excluding hydrogens is 308 g/mol. The number of hydrogen-bond acceptors (Lipinski definition) is 3. The monoisotopic (exact) mass is 342 g/mol. The molecule has 0 aromatic carbocycles. The van der Waals surface area contributed by atoms with Gasteiger partial charge in [0.1, 0.15) is 6.04 Å². The lowest BCUT2D eigenvalue weighted by molar-refractivity contribution is -0.128. The van der Waals surface area contributed by atoms with Crippen LogP contribution < -0.4 is 11.1 Å². The molecule has 0 radical (unpaired) electrons. The first-order valence-electron chi connectivity index (χ1n) is 8.75. The molecule has 0 bridgehead atoms. The second kappa shape index (κ2) is 8.28. The van der Waals surface area contributed by atoms with Crippen LogP contribution in [0.5, 0.6) is 0 Å². The Kier molecular flexibility index (Phi) is 7.26. The summed E-state index contributed by atoms with van der Waals surface area (Å²) in [6.45, 7) is 11.3. The highest BCUT2D eigenvalue weighted by atomic mass is 28.4. The molecule has 0 unspecified atom stereocenters. The highest BCUT2D eigenvalue weighted by Crippen LogP contribution is 2.36. The van der Waals surface area contributed by atoms with Gasteiger partial charge < -0.3 is 15.5 Å². The van der Waals surface area contributed by atoms with Crippen LogP contribution in [-0.4, -0.2) is 32.8 Å². The van der Waals surface area contributed by atoms with Crippen LogP contribution >= 0.6 is 0 Å². The van der Waals surface area contributed by atoms with Crippen LogP contribution in [-0.2, 0) is 14.0 Å². The van der Waals surface area contributed by atoms with Crippen molar-refractivity contribution in [3.05, 3.63) is 0 Å². The van der Waals surface area contributed by atoms with Gasteiger partial charge in [-0.2, -0.15) is 0 Å². The topological polar surface area (TPSA) is 81.4 Å². The first-order chi connectivity index (χ1) is 10.5. The van der Waals surface area contributed by atoms with Crippen molar-refractivity contribution in [2.45, 2.75) is 83.5 Å². The number of carbonyl (C=O) groups is 2. The molecule has 1 saturated carbocycles. The summed E-state index contributed by atoms with van der Waals surface area (Å²) >= 11 is 0. The van der Waals surface area contributed by atoms with Crippen molar-refractivity contribution < 1.29 is 14.0 Å². The molecule has 0 heterocycles. The third kappa shape index (κ3) is 6.63. The zero-order chi connectivity index (χ0) is 17.7. The SMILES string of the molecule is CC(C)(C)[Si](C)(C)OCC[C@@H](NC(=O)CC1CCCC1)C(N)=O. The Labute approximate surface area is 141 Å². The lowest BCUT2D eigenvalue weighted by Crippen LogP contribution is -2.47. The number of carbonyl (C=O) groups excluding carboxylic acids is 2. The van der Waals surface area contributed by atoms with Crippen molar-refractivity contribution in [2.75, 3.05) is 6.61 Å². The van der Waals surface area contributed by atoms with Gasteiger partial charge in [-0.3, -0.25) is 9.59 Å². The molecule has 0 spiro atoms. The van der Waals surface area contributed by atoms with Gasteiger partial charge in [0.2, 0.25) is 11.8 Å². The summed E-state index contributed by atoms with van der Waals surface area (Å²) in [6.07, 6.45) is 5.59. The Morgan fingerprint density at radius 3 is 2.30 bits per heavy atom. The van der Waals surface area contributed by atoms with Gasteiger partial charge in [-0.15, -0.1) is 0 Å². The molecule has 1 atom stereocenters. The summed E-state index contributed by atoms with van der Waals surface area (Å²) in [5.41, 5.74) is 5.43. The van der Waals surface area contributed by atoms with E-state index in [4.69, 9.17) is 10.2 Å². The molecular formula is C17H34N2O3Si. The molecule has 5 nitrogen and oxygen atoms in total. The van der Waals surface area contributed by atoms with Gasteiger partial charge in [0.15, 0.2) is 8.32 Å². The minimum absolute atomic E-state index is 0.0620. The predicted molar refractivity (Wildman–Crippen MR) is 95.5 cm³/mol. The maximum absolute atomic E-state index is 12.1. The number of hydrogen-bond donors (Lipinski definition) is 2. The molecule has 2 amide bonds. The van der Waals surface area contributed by atoms with Crippen LogP contribution in [0.3, 0.4) is 0 Å². The second-order valence-corrected chi connectivity index (χ2v) is 13.1. The summed E-state index contributed by atoms with van der Waals surface area (Å²) in [6, 6.07) is -0.631. The van der Waals surface area contributed by atoms with E-state index < -0.39 is 20.3 Å². The second-order valence-electron chi connectivity index (χ2n) is 8.27. The van der Waals surface area contributed by atoms with E-state index in [0.717, 1.165) is 12.8 Å². The molecule has 1 rings (SSSR count). The number of rotatable bonds is 8. The van der Waals surface area contributed by atoms with Crippen molar-refractivity contribution in [3.63, 3.8) is 0 Å². The van der Waals surface area contributed by atoms with E-state index in [1.807, 2.05) is 0 Å². The highest BCUT2D eigenvalue weighted by Gasteiger charge is 2.37. The van der Waals surface area contributed by atoms with E-state index in [0.29, 0.717) is 25.4 Å². The van der Waals surface area contributed by atoms with Crippen LogP contribution in [0, 0.1) is 5.92 Å². The van der Waals surface area contributed by atoms with Crippen LogP contribution in [0.2, 0.25) is 18.1 Å². The van der Waals surface area contributed by atoms with Gasteiger partial charge in [-0.1, -0.05) is 33.6 Å². The third-order valence-electron chi connectivity index (χ3n) is 5.30. The molecule has 0 aromatic rings. The summed E-state index contributed by atoms with van der Waals surface area (Å²) in [5.74, 6) is -0.0800. The van der Waals surface area contributed by atoms with Gasteiger partial charge in [-0.25, -0.2) is 0 Å². The van der Waals surface area contributed by atoms with E-state index in [-0.39, 0.29) is 10.9 Å². The molecule has 134 valence electrons. The third-order valence-corrected chi connectivity index (χ3v) is 9.84. The average molecular weight is 343 g/mol. The number of nitrogens with two attached hydrogens (primary N) is 1. The molecule has 1 aliphatic carbocycles. The van der Waals surface area contributed by atoms with E-state index in [1.54, 1.807) is 0 Å². The molecule has 1 fully saturated rings. The summed E-state index contributed by atoms with van der Waals surface area (Å²) in [4.78, 5) is 23.7. The molecule has 0 saturated heterocycles. The maximum atomic E-state index is 12.1. The Morgan fingerprint density at radius 1 is 1.26 bits per heavy atom. The normalized spacial score (nSPS) is 18.0. The van der Waals surface area contributed by atoms with Crippen molar-refractivity contribution >= 4 is 20.1 Å². The van der Waals surface area contributed by atoms with Crippen LogP contribution in [0.1, 0.15) is 59.3 Å². The minimum atomic E-state index is -1.84. The minimum Gasteiger partial charge on any atom is -0.417 e. The standard InChI is InChI=1S/C17H34N2O3Si/c1-17(2,3)23(4,5)22-11-10-14(16(18)21)19-15(20)12-13-8-6-7-9-13/h13-14H,6-12H2,1-5H3,(H2,18,21)(H,19,20)/t14-/m1/s1. The quantitative estimate of drug-likeness (QED) is 0.665. The van der Waals surface area contributed by atoms with Crippen LogP contribution in [0.25, 0.3) is 0 Å². The zero-order valence-electron chi connectivity index (χ0n) is 15.4. The Bertz CT molecular complexity index is 413. The number of amides is 2. The first kappa shape index (κ1) is 20.2. The fourth-order valence-electron chi connectivity index (χ4n) is 2.66. The van der Waals surface area contributed by atoms with Gasteiger partial charge >= 0.3 is 0 Å².